The van der Waals surface area contributed by atoms with Gasteiger partial charge in [-0.25, -0.2) is 0 Å². The fourth-order valence-corrected chi connectivity index (χ4v) is 2.77. The summed E-state index contributed by atoms with van der Waals surface area (Å²) in [5, 5.41) is 6.05. The molecular weight excluding hydrogens is 284 g/mol. The van der Waals surface area contributed by atoms with Crippen molar-refractivity contribution in [1.82, 2.24) is 10.6 Å². The number of methoxy groups -OCH3 is 2. The number of hydrogen-bond donors (Lipinski definition) is 2. The average molecular weight is 314 g/mol. The van der Waals surface area contributed by atoms with Crippen LogP contribution in [0, 0.1) is 5.92 Å². The van der Waals surface area contributed by atoms with E-state index in [1.165, 1.54) is 7.11 Å². The third-order valence-electron chi connectivity index (χ3n) is 4.26. The molecule has 0 saturated heterocycles. The maximum atomic E-state index is 12.1. The number of hydrogen-bond acceptors (Lipinski definition) is 4. The van der Waals surface area contributed by atoms with Gasteiger partial charge in [-0.3, -0.25) is 9.59 Å². The summed E-state index contributed by atoms with van der Waals surface area (Å²) < 4.78 is 10.2. The Hall–Kier alpha value is -1.14. The largest absolute Gasteiger partial charge is 0.372 e. The first-order chi connectivity index (χ1) is 10.4. The molecule has 2 atom stereocenters. The Bertz CT molecular complexity index is 365. The van der Waals surface area contributed by atoms with Gasteiger partial charge in [0.2, 0.25) is 11.8 Å². The molecule has 2 N–H and O–H groups in total. The van der Waals surface area contributed by atoms with E-state index in [0.717, 1.165) is 25.7 Å². The van der Waals surface area contributed by atoms with Crippen LogP contribution >= 0.6 is 0 Å². The molecule has 1 unspecified atom stereocenters. The van der Waals surface area contributed by atoms with Gasteiger partial charge in [0.25, 0.3) is 0 Å². The molecule has 0 aromatic carbocycles. The minimum atomic E-state index is -0.425. The summed E-state index contributed by atoms with van der Waals surface area (Å²) in [5.74, 6) is 0.0309. The first-order valence-electron chi connectivity index (χ1n) is 8.05. The van der Waals surface area contributed by atoms with Gasteiger partial charge in [0, 0.05) is 26.3 Å². The van der Waals surface area contributed by atoms with Crippen LogP contribution in [-0.2, 0) is 19.1 Å². The van der Waals surface area contributed by atoms with E-state index in [2.05, 4.69) is 10.6 Å². The Morgan fingerprint density at radius 2 is 1.32 bits per heavy atom. The van der Waals surface area contributed by atoms with Gasteiger partial charge in [0.05, 0.1) is 0 Å². The predicted octanol–water partition coefficient (Wildman–Crippen LogP) is 1.24. The molecule has 128 valence electrons. The highest BCUT2D eigenvalue weighted by atomic mass is 16.5. The lowest BCUT2D eigenvalue weighted by molar-refractivity contribution is -0.135. The van der Waals surface area contributed by atoms with Crippen LogP contribution in [0.15, 0.2) is 0 Å². The summed E-state index contributed by atoms with van der Waals surface area (Å²) in [6, 6.07) is 0.332. The van der Waals surface area contributed by atoms with E-state index in [4.69, 9.17) is 9.47 Å². The molecule has 1 aliphatic rings. The quantitative estimate of drug-likeness (QED) is 0.741. The van der Waals surface area contributed by atoms with Crippen LogP contribution < -0.4 is 10.6 Å². The van der Waals surface area contributed by atoms with Gasteiger partial charge in [-0.1, -0.05) is 13.8 Å². The maximum Gasteiger partial charge on any atom is 0.249 e. The van der Waals surface area contributed by atoms with Crippen LogP contribution in [0.3, 0.4) is 0 Å². The third kappa shape index (κ3) is 5.57. The van der Waals surface area contributed by atoms with Gasteiger partial charge in [-0.15, -0.1) is 0 Å². The number of nitrogens with one attached hydrogen (secondary N) is 2. The second-order valence-corrected chi connectivity index (χ2v) is 6.34. The van der Waals surface area contributed by atoms with Gasteiger partial charge in [0.1, 0.15) is 12.2 Å². The van der Waals surface area contributed by atoms with Crippen LogP contribution in [-0.4, -0.2) is 50.3 Å². The van der Waals surface area contributed by atoms with Crippen molar-refractivity contribution >= 4 is 11.8 Å². The molecule has 22 heavy (non-hydrogen) atoms. The van der Waals surface area contributed by atoms with E-state index >= 15 is 0 Å². The Kier molecular flexibility index (Phi) is 7.82. The molecule has 0 spiro atoms. The molecule has 1 saturated carbocycles. The zero-order chi connectivity index (χ0) is 16.7. The van der Waals surface area contributed by atoms with Crippen LogP contribution in [0.1, 0.15) is 46.5 Å². The Balaban J connectivity index is 2.36. The lowest BCUT2D eigenvalue weighted by atomic mass is 9.90. The summed E-state index contributed by atoms with van der Waals surface area (Å²) in [5.41, 5.74) is 0. The van der Waals surface area contributed by atoms with Gasteiger partial charge >= 0.3 is 0 Å². The van der Waals surface area contributed by atoms with E-state index in [1.54, 1.807) is 14.0 Å². The lowest BCUT2D eigenvalue weighted by Crippen LogP contribution is -2.48. The average Bonchev–Trinajstić information content (AvgIpc) is 2.48. The Labute approximate surface area is 133 Å². The number of rotatable bonds is 7. The third-order valence-corrected chi connectivity index (χ3v) is 4.26. The summed E-state index contributed by atoms with van der Waals surface area (Å²) in [7, 11) is 3.09. The van der Waals surface area contributed by atoms with Crippen molar-refractivity contribution in [3.63, 3.8) is 0 Å². The van der Waals surface area contributed by atoms with E-state index < -0.39 is 12.2 Å². The molecule has 0 bridgehead atoms. The fourth-order valence-electron chi connectivity index (χ4n) is 2.77. The highest BCUT2D eigenvalue weighted by molar-refractivity contribution is 5.81. The SMILES string of the molecule is COC(C(=O)NC1CCC(NC(=O)[C@@H](C)OC)CC1)C(C)C. The molecule has 0 radical (unpaired) electrons. The fraction of sp³-hybridized carbons (Fsp3) is 0.875. The molecule has 1 fully saturated rings. The molecule has 0 aromatic rings. The molecule has 0 heterocycles. The topological polar surface area (TPSA) is 76.7 Å². The highest BCUT2D eigenvalue weighted by Crippen LogP contribution is 2.19. The molecule has 6 nitrogen and oxygen atoms in total. The second-order valence-electron chi connectivity index (χ2n) is 6.34. The van der Waals surface area contributed by atoms with Crippen LogP contribution in [0.2, 0.25) is 0 Å². The van der Waals surface area contributed by atoms with Crippen LogP contribution in [0.5, 0.6) is 0 Å². The van der Waals surface area contributed by atoms with Crippen molar-refractivity contribution in [2.45, 2.75) is 70.7 Å². The van der Waals surface area contributed by atoms with Crippen molar-refractivity contribution in [1.29, 1.82) is 0 Å². The summed E-state index contributed by atoms with van der Waals surface area (Å²) in [6.07, 6.45) is 2.64. The minimum absolute atomic E-state index is 0.0435. The normalized spacial score (nSPS) is 24.6. The molecule has 0 aromatic heterocycles. The zero-order valence-corrected chi connectivity index (χ0v) is 14.3. The molecule has 6 heteroatoms. The number of amides is 2. The standard InChI is InChI=1S/C16H30N2O4/c1-10(2)14(22-5)16(20)18-13-8-6-12(7-9-13)17-15(19)11(3)21-4/h10-14H,6-9H2,1-5H3,(H,17,19)(H,18,20)/t11-,12?,13?,14?/m1/s1. The molecule has 2 amide bonds. The monoisotopic (exact) mass is 314 g/mol. The summed E-state index contributed by atoms with van der Waals surface area (Å²) >= 11 is 0. The summed E-state index contributed by atoms with van der Waals surface area (Å²) in [6.45, 7) is 5.67. The Morgan fingerprint density at radius 3 is 1.68 bits per heavy atom. The van der Waals surface area contributed by atoms with Crippen LogP contribution in [0.25, 0.3) is 0 Å². The molecular formula is C16H30N2O4. The molecule has 1 aliphatic carbocycles. The number of carbonyl (C=O) groups is 2. The lowest BCUT2D eigenvalue weighted by Gasteiger charge is -2.31. The van der Waals surface area contributed by atoms with E-state index in [1.807, 2.05) is 13.8 Å². The second kappa shape index (κ2) is 9.10. The Morgan fingerprint density at radius 1 is 0.864 bits per heavy atom. The van der Waals surface area contributed by atoms with Gasteiger partial charge in [0.15, 0.2) is 0 Å². The minimum Gasteiger partial charge on any atom is -0.372 e. The predicted molar refractivity (Wildman–Crippen MR) is 84.4 cm³/mol. The van der Waals surface area contributed by atoms with Gasteiger partial charge < -0.3 is 20.1 Å². The first-order valence-corrected chi connectivity index (χ1v) is 8.05. The smallest absolute Gasteiger partial charge is 0.249 e. The van der Waals surface area contributed by atoms with E-state index in [0.29, 0.717) is 0 Å². The maximum absolute atomic E-state index is 12.1. The van der Waals surface area contributed by atoms with Crippen molar-refractivity contribution in [3.8, 4) is 0 Å². The molecule has 0 aliphatic heterocycles. The molecule has 1 rings (SSSR count). The summed E-state index contributed by atoms with van der Waals surface area (Å²) in [4.78, 5) is 23.9. The zero-order valence-electron chi connectivity index (χ0n) is 14.3. The first kappa shape index (κ1) is 18.9. The van der Waals surface area contributed by atoms with Gasteiger partial charge in [-0.05, 0) is 38.5 Å². The van der Waals surface area contributed by atoms with E-state index in [9.17, 15) is 9.59 Å². The van der Waals surface area contributed by atoms with Crippen molar-refractivity contribution in [2.75, 3.05) is 14.2 Å². The highest BCUT2D eigenvalue weighted by Gasteiger charge is 2.28. The van der Waals surface area contributed by atoms with Crippen molar-refractivity contribution < 1.29 is 19.1 Å². The van der Waals surface area contributed by atoms with Crippen molar-refractivity contribution in [2.24, 2.45) is 5.92 Å². The van der Waals surface area contributed by atoms with Crippen LogP contribution in [0.4, 0.5) is 0 Å². The van der Waals surface area contributed by atoms with Gasteiger partial charge in [-0.2, -0.15) is 0 Å². The number of carbonyl (C=O) groups excluding carboxylic acids is 2. The number of ether oxygens (including phenoxy) is 2. The van der Waals surface area contributed by atoms with Crippen molar-refractivity contribution in [3.05, 3.63) is 0 Å². The van der Waals surface area contributed by atoms with E-state index in [-0.39, 0.29) is 29.8 Å².